The molecule has 1 aromatic rings. The molecule has 0 unspecified atom stereocenters. The Morgan fingerprint density at radius 3 is 2.88 bits per heavy atom. The molecule has 24 heavy (non-hydrogen) atoms. The quantitative estimate of drug-likeness (QED) is 0.747. The van der Waals surface area contributed by atoms with Gasteiger partial charge in [0.2, 0.25) is 11.8 Å². The number of nitrogens with zero attached hydrogens (tertiary/aromatic N) is 3. The average Bonchev–Trinajstić information content (AvgIpc) is 3.21. The highest BCUT2D eigenvalue weighted by Crippen LogP contribution is 2.25. The van der Waals surface area contributed by atoms with E-state index in [1.54, 1.807) is 0 Å². The summed E-state index contributed by atoms with van der Waals surface area (Å²) in [5, 5.41) is 17.3. The van der Waals surface area contributed by atoms with Crippen LogP contribution in [0.2, 0.25) is 0 Å². The lowest BCUT2D eigenvalue weighted by Crippen LogP contribution is -2.51. The van der Waals surface area contributed by atoms with Crippen molar-refractivity contribution in [3.8, 4) is 0 Å². The smallest absolute Gasteiger partial charge is 0.227 e. The fourth-order valence-corrected chi connectivity index (χ4v) is 3.46. The van der Waals surface area contributed by atoms with E-state index in [2.05, 4.69) is 20.4 Å². The van der Waals surface area contributed by atoms with Crippen LogP contribution in [-0.4, -0.2) is 70.5 Å². The van der Waals surface area contributed by atoms with Crippen molar-refractivity contribution in [2.75, 3.05) is 26.3 Å². The van der Waals surface area contributed by atoms with Crippen LogP contribution in [0.5, 0.6) is 0 Å². The molecule has 1 aliphatic carbocycles. The summed E-state index contributed by atoms with van der Waals surface area (Å²) in [6, 6.07) is -0.0681. The minimum atomic E-state index is -0.526. The summed E-state index contributed by atoms with van der Waals surface area (Å²) in [6.45, 7) is 5.07. The van der Waals surface area contributed by atoms with E-state index in [9.17, 15) is 9.90 Å². The molecular weight excluding hydrogens is 312 g/mol. The Balaban J connectivity index is 1.44. The van der Waals surface area contributed by atoms with E-state index >= 15 is 0 Å². The van der Waals surface area contributed by atoms with E-state index in [1.807, 2.05) is 6.92 Å². The van der Waals surface area contributed by atoms with Crippen LogP contribution in [0.4, 0.5) is 0 Å². The second-order valence-corrected chi connectivity index (χ2v) is 6.42. The predicted octanol–water partition coefficient (Wildman–Crippen LogP) is -0.0951. The van der Waals surface area contributed by atoms with Crippen molar-refractivity contribution in [2.45, 2.75) is 57.2 Å². The van der Waals surface area contributed by atoms with E-state index in [1.165, 1.54) is 0 Å². The lowest BCUT2D eigenvalue weighted by molar-refractivity contribution is -0.122. The lowest BCUT2D eigenvalue weighted by atomic mass is 10.1. The highest BCUT2D eigenvalue weighted by Gasteiger charge is 2.39. The first-order valence-electron chi connectivity index (χ1n) is 8.78. The van der Waals surface area contributed by atoms with Gasteiger partial charge in [-0.2, -0.15) is 4.98 Å². The Labute approximate surface area is 141 Å². The molecule has 0 radical (unpaired) electrons. The van der Waals surface area contributed by atoms with Gasteiger partial charge in [-0.25, -0.2) is 0 Å². The number of aromatic nitrogens is 2. The Bertz CT molecular complexity index is 544. The molecule has 0 bridgehead atoms. The number of rotatable bonds is 6. The number of aryl methyl sites for hydroxylation is 2. The predicted molar refractivity (Wildman–Crippen MR) is 85.3 cm³/mol. The number of nitrogens with one attached hydrogen (secondary N) is 1. The molecule has 2 fully saturated rings. The van der Waals surface area contributed by atoms with Crippen LogP contribution < -0.4 is 5.32 Å². The molecule has 3 rings (SSSR count). The van der Waals surface area contributed by atoms with Gasteiger partial charge in [-0.05, 0) is 12.8 Å². The molecular formula is C16H26N4O4. The van der Waals surface area contributed by atoms with Gasteiger partial charge >= 0.3 is 0 Å². The van der Waals surface area contributed by atoms with Gasteiger partial charge in [0.15, 0.2) is 5.82 Å². The second-order valence-electron chi connectivity index (χ2n) is 6.42. The van der Waals surface area contributed by atoms with Crippen molar-refractivity contribution in [1.82, 2.24) is 20.4 Å². The van der Waals surface area contributed by atoms with Gasteiger partial charge in [-0.15, -0.1) is 0 Å². The molecule has 3 atom stereocenters. The zero-order chi connectivity index (χ0) is 16.9. The standard InChI is InChI=1S/C16H26N4O4/c1-2-13-18-15(24-19-13)6-5-14(21)17-11-3-4-12(16(11)22)20-7-9-23-10-8-20/h11-12,16,22H,2-10H2,1H3,(H,17,21)/t11-,12-,16-/m1/s1. The molecule has 2 N–H and O–H groups in total. The maximum atomic E-state index is 12.1. The number of ether oxygens (including phenoxy) is 1. The van der Waals surface area contributed by atoms with Crippen molar-refractivity contribution in [1.29, 1.82) is 0 Å². The molecule has 1 aromatic heterocycles. The third kappa shape index (κ3) is 4.12. The van der Waals surface area contributed by atoms with Crippen molar-refractivity contribution in [3.63, 3.8) is 0 Å². The third-order valence-corrected chi connectivity index (χ3v) is 4.83. The number of carbonyl (C=O) groups is 1. The van der Waals surface area contributed by atoms with E-state index < -0.39 is 6.10 Å². The van der Waals surface area contributed by atoms with E-state index in [-0.39, 0.29) is 24.4 Å². The SMILES string of the molecule is CCc1noc(CCC(=O)N[C@@H]2CC[C@@H](N3CCOCC3)[C@@H]2O)n1. The monoisotopic (exact) mass is 338 g/mol. The summed E-state index contributed by atoms with van der Waals surface area (Å²) >= 11 is 0. The first-order valence-corrected chi connectivity index (χ1v) is 8.78. The molecule has 2 heterocycles. The zero-order valence-corrected chi connectivity index (χ0v) is 14.1. The maximum absolute atomic E-state index is 12.1. The Morgan fingerprint density at radius 2 is 2.17 bits per heavy atom. The highest BCUT2D eigenvalue weighted by molar-refractivity contribution is 5.76. The minimum absolute atomic E-state index is 0.0853. The van der Waals surface area contributed by atoms with Crippen molar-refractivity contribution < 1.29 is 19.2 Å². The van der Waals surface area contributed by atoms with E-state index in [4.69, 9.17) is 9.26 Å². The Morgan fingerprint density at radius 1 is 1.38 bits per heavy atom. The first-order chi connectivity index (χ1) is 11.7. The van der Waals surface area contributed by atoms with Crippen LogP contribution in [0.1, 0.15) is 37.9 Å². The number of aliphatic hydroxyl groups excluding tert-OH is 1. The van der Waals surface area contributed by atoms with Gasteiger partial charge in [0.05, 0.1) is 25.4 Å². The van der Waals surface area contributed by atoms with Gasteiger partial charge in [0, 0.05) is 38.4 Å². The number of amides is 1. The summed E-state index contributed by atoms with van der Waals surface area (Å²) in [5.41, 5.74) is 0. The van der Waals surface area contributed by atoms with Gasteiger partial charge in [-0.1, -0.05) is 12.1 Å². The number of hydrogen-bond donors (Lipinski definition) is 2. The molecule has 1 saturated heterocycles. The molecule has 1 saturated carbocycles. The summed E-state index contributed by atoms with van der Waals surface area (Å²) in [4.78, 5) is 18.6. The maximum Gasteiger partial charge on any atom is 0.227 e. The molecule has 1 aliphatic heterocycles. The van der Waals surface area contributed by atoms with Gasteiger partial charge in [-0.3, -0.25) is 9.69 Å². The number of morpholine rings is 1. The molecule has 0 spiro atoms. The summed E-state index contributed by atoms with van der Waals surface area (Å²) in [5.74, 6) is 1.06. The Hall–Kier alpha value is -1.51. The molecule has 1 amide bonds. The third-order valence-electron chi connectivity index (χ3n) is 4.83. The zero-order valence-electron chi connectivity index (χ0n) is 14.1. The van der Waals surface area contributed by atoms with Crippen molar-refractivity contribution in [2.24, 2.45) is 0 Å². The van der Waals surface area contributed by atoms with E-state index in [0.717, 1.165) is 25.9 Å². The first kappa shape index (κ1) is 17.3. The van der Waals surface area contributed by atoms with Crippen LogP contribution in [0.25, 0.3) is 0 Å². The fourth-order valence-electron chi connectivity index (χ4n) is 3.46. The number of hydrogen-bond acceptors (Lipinski definition) is 7. The average molecular weight is 338 g/mol. The molecule has 2 aliphatic rings. The summed E-state index contributed by atoms with van der Waals surface area (Å²) in [6.07, 6.45) is 2.60. The second kappa shape index (κ2) is 8.04. The lowest BCUT2D eigenvalue weighted by Gasteiger charge is -2.34. The normalized spacial score (nSPS) is 28.2. The van der Waals surface area contributed by atoms with Crippen LogP contribution in [0, 0.1) is 0 Å². The van der Waals surface area contributed by atoms with Gasteiger partial charge in [0.1, 0.15) is 0 Å². The van der Waals surface area contributed by atoms with Gasteiger partial charge < -0.3 is 19.7 Å². The number of carbonyl (C=O) groups excluding carboxylic acids is 1. The molecule has 0 aromatic carbocycles. The summed E-state index contributed by atoms with van der Waals surface area (Å²) < 4.78 is 10.4. The summed E-state index contributed by atoms with van der Waals surface area (Å²) in [7, 11) is 0. The van der Waals surface area contributed by atoms with Crippen LogP contribution in [0.3, 0.4) is 0 Å². The van der Waals surface area contributed by atoms with Crippen molar-refractivity contribution in [3.05, 3.63) is 11.7 Å². The minimum Gasteiger partial charge on any atom is -0.389 e. The molecule has 8 nitrogen and oxygen atoms in total. The van der Waals surface area contributed by atoms with Crippen molar-refractivity contribution >= 4 is 5.91 Å². The van der Waals surface area contributed by atoms with Gasteiger partial charge in [0.25, 0.3) is 0 Å². The number of aliphatic hydroxyl groups is 1. The largest absolute Gasteiger partial charge is 0.389 e. The highest BCUT2D eigenvalue weighted by atomic mass is 16.5. The fraction of sp³-hybridized carbons (Fsp3) is 0.812. The van der Waals surface area contributed by atoms with Crippen LogP contribution >= 0.6 is 0 Å². The Kier molecular flexibility index (Phi) is 5.80. The molecule has 8 heteroatoms. The van der Waals surface area contributed by atoms with E-state index in [0.29, 0.717) is 37.8 Å². The van der Waals surface area contributed by atoms with Crippen LogP contribution in [-0.2, 0) is 22.4 Å². The van der Waals surface area contributed by atoms with Crippen LogP contribution in [0.15, 0.2) is 4.52 Å². The molecule has 134 valence electrons. The topological polar surface area (TPSA) is 101 Å².